The summed E-state index contributed by atoms with van der Waals surface area (Å²) in [6, 6.07) is 2.44. The minimum Gasteiger partial charge on any atom is -0.207 e. The summed E-state index contributed by atoms with van der Waals surface area (Å²) in [5.41, 5.74) is 1.62. The molecule has 0 saturated heterocycles. The van der Waals surface area contributed by atoms with Crippen molar-refractivity contribution >= 4 is 15.9 Å². The van der Waals surface area contributed by atoms with Gasteiger partial charge < -0.3 is 0 Å². The summed E-state index contributed by atoms with van der Waals surface area (Å²) in [5.74, 6) is -0.891. The van der Waals surface area contributed by atoms with Crippen LogP contribution in [0.1, 0.15) is 42.6 Å². The van der Waals surface area contributed by atoms with Crippen molar-refractivity contribution in [2.24, 2.45) is 5.41 Å². The van der Waals surface area contributed by atoms with Crippen LogP contribution in [0.3, 0.4) is 0 Å². The number of fused-ring (bicyclic) bond motifs is 1. The van der Waals surface area contributed by atoms with Crippen LogP contribution in [0.4, 0.5) is 8.78 Å². The molecule has 0 spiro atoms. The molecule has 1 aliphatic rings. The summed E-state index contributed by atoms with van der Waals surface area (Å²) in [6.45, 7) is 4.34. The molecule has 0 N–H and O–H groups in total. The Balaban J connectivity index is 2.49. The van der Waals surface area contributed by atoms with E-state index in [0.717, 1.165) is 24.5 Å². The molecule has 0 aromatic heterocycles. The largest absolute Gasteiger partial charge is 0.207 e. The summed E-state index contributed by atoms with van der Waals surface area (Å²) in [5, 5.41) is 0. The van der Waals surface area contributed by atoms with Gasteiger partial charge in [-0.1, -0.05) is 29.8 Å². The first-order valence-corrected chi connectivity index (χ1v) is 6.42. The molecule has 0 saturated carbocycles. The third-order valence-electron chi connectivity index (χ3n) is 3.32. The molecule has 0 fully saturated rings. The van der Waals surface area contributed by atoms with Crippen molar-refractivity contribution in [3.05, 3.63) is 34.9 Å². The minimum atomic E-state index is -0.486. The van der Waals surface area contributed by atoms with Crippen molar-refractivity contribution in [3.63, 3.8) is 0 Å². The van der Waals surface area contributed by atoms with E-state index in [2.05, 4.69) is 29.8 Å². The fourth-order valence-electron chi connectivity index (χ4n) is 2.33. The van der Waals surface area contributed by atoms with E-state index in [1.54, 1.807) is 0 Å². The predicted octanol–water partition coefficient (Wildman–Crippen LogP) is 4.76. The van der Waals surface area contributed by atoms with Gasteiger partial charge >= 0.3 is 0 Å². The molecule has 1 aliphatic carbocycles. The van der Waals surface area contributed by atoms with Crippen molar-refractivity contribution in [3.8, 4) is 0 Å². The van der Waals surface area contributed by atoms with Gasteiger partial charge in [0, 0.05) is 10.9 Å². The molecule has 88 valence electrons. The number of halogens is 3. The van der Waals surface area contributed by atoms with Crippen molar-refractivity contribution in [2.75, 3.05) is 0 Å². The number of hydrogen-bond acceptors (Lipinski definition) is 0. The van der Waals surface area contributed by atoms with Crippen molar-refractivity contribution in [1.82, 2.24) is 0 Å². The Morgan fingerprint density at radius 3 is 2.69 bits per heavy atom. The Hall–Kier alpha value is -0.440. The first kappa shape index (κ1) is 12.0. The zero-order valence-electron chi connectivity index (χ0n) is 9.49. The smallest absolute Gasteiger partial charge is 0.129 e. The zero-order chi connectivity index (χ0) is 11.9. The standard InChI is InChI=1S/C13H15BrF2/c1-13(2)4-3-9-10(11(14)7-13)5-8(15)6-12(9)16/h5-6,11H,3-4,7H2,1-2H3. The van der Waals surface area contributed by atoms with E-state index in [9.17, 15) is 8.78 Å². The maximum atomic E-state index is 13.7. The van der Waals surface area contributed by atoms with E-state index in [0.29, 0.717) is 12.0 Å². The first-order valence-electron chi connectivity index (χ1n) is 5.51. The molecule has 1 aromatic rings. The van der Waals surface area contributed by atoms with Gasteiger partial charge in [-0.05, 0) is 41.9 Å². The highest BCUT2D eigenvalue weighted by Crippen LogP contribution is 2.44. The van der Waals surface area contributed by atoms with Gasteiger partial charge in [0.1, 0.15) is 11.6 Å². The van der Waals surface area contributed by atoms with Gasteiger partial charge in [-0.25, -0.2) is 8.78 Å². The van der Waals surface area contributed by atoms with Gasteiger partial charge in [-0.15, -0.1) is 0 Å². The van der Waals surface area contributed by atoms with E-state index in [1.165, 1.54) is 6.07 Å². The molecule has 0 radical (unpaired) electrons. The normalized spacial score (nSPS) is 23.7. The van der Waals surface area contributed by atoms with Crippen LogP contribution in [0.2, 0.25) is 0 Å². The maximum Gasteiger partial charge on any atom is 0.129 e. The fraction of sp³-hybridized carbons (Fsp3) is 0.538. The summed E-state index contributed by atoms with van der Waals surface area (Å²) in [6.07, 6.45) is 2.53. The Labute approximate surface area is 103 Å². The van der Waals surface area contributed by atoms with E-state index in [1.807, 2.05) is 0 Å². The molecule has 0 amide bonds. The average molecular weight is 289 g/mol. The molecule has 16 heavy (non-hydrogen) atoms. The molecule has 3 heteroatoms. The van der Waals surface area contributed by atoms with Crippen LogP contribution < -0.4 is 0 Å². The second-order valence-electron chi connectivity index (χ2n) is 5.29. The molecular weight excluding hydrogens is 274 g/mol. The highest BCUT2D eigenvalue weighted by atomic mass is 79.9. The van der Waals surface area contributed by atoms with Gasteiger partial charge in [0.05, 0.1) is 0 Å². The Kier molecular flexibility index (Phi) is 3.08. The van der Waals surface area contributed by atoms with Crippen molar-refractivity contribution in [1.29, 1.82) is 0 Å². The summed E-state index contributed by atoms with van der Waals surface area (Å²) in [7, 11) is 0. The lowest BCUT2D eigenvalue weighted by atomic mass is 9.84. The van der Waals surface area contributed by atoms with Gasteiger partial charge in [0.15, 0.2) is 0 Å². The van der Waals surface area contributed by atoms with Crippen molar-refractivity contribution < 1.29 is 8.78 Å². The van der Waals surface area contributed by atoms with Gasteiger partial charge in [0.25, 0.3) is 0 Å². The molecule has 0 heterocycles. The Morgan fingerprint density at radius 2 is 2.00 bits per heavy atom. The van der Waals surface area contributed by atoms with E-state index < -0.39 is 11.6 Å². The monoisotopic (exact) mass is 288 g/mol. The van der Waals surface area contributed by atoms with Gasteiger partial charge in [-0.2, -0.15) is 0 Å². The second-order valence-corrected chi connectivity index (χ2v) is 6.40. The number of alkyl halides is 1. The highest BCUT2D eigenvalue weighted by molar-refractivity contribution is 9.09. The second kappa shape index (κ2) is 4.10. The first-order chi connectivity index (χ1) is 7.39. The molecule has 1 aromatic carbocycles. The lowest BCUT2D eigenvalue weighted by Gasteiger charge is -2.23. The van der Waals surface area contributed by atoms with Crippen LogP contribution >= 0.6 is 15.9 Å². The molecule has 0 bridgehead atoms. The molecule has 2 rings (SSSR count). The number of benzene rings is 1. The van der Waals surface area contributed by atoms with Crippen LogP contribution in [0.5, 0.6) is 0 Å². The SMILES string of the molecule is CC1(C)CCc2c(F)cc(F)cc2C(Br)C1. The lowest BCUT2D eigenvalue weighted by molar-refractivity contribution is 0.316. The van der Waals surface area contributed by atoms with Crippen LogP contribution in [0.15, 0.2) is 12.1 Å². The van der Waals surface area contributed by atoms with Gasteiger partial charge in [-0.3, -0.25) is 0 Å². The third-order valence-corrected chi connectivity index (χ3v) is 4.13. The third kappa shape index (κ3) is 2.29. The predicted molar refractivity (Wildman–Crippen MR) is 64.7 cm³/mol. The van der Waals surface area contributed by atoms with Crippen LogP contribution in [0.25, 0.3) is 0 Å². The van der Waals surface area contributed by atoms with E-state index >= 15 is 0 Å². The Morgan fingerprint density at radius 1 is 1.31 bits per heavy atom. The molecule has 0 nitrogen and oxygen atoms in total. The van der Waals surface area contributed by atoms with Crippen LogP contribution in [-0.4, -0.2) is 0 Å². The fourth-order valence-corrected chi connectivity index (χ4v) is 3.61. The lowest BCUT2D eigenvalue weighted by Crippen LogP contribution is -2.11. The van der Waals surface area contributed by atoms with E-state index in [-0.39, 0.29) is 10.2 Å². The van der Waals surface area contributed by atoms with E-state index in [4.69, 9.17) is 0 Å². The number of rotatable bonds is 0. The molecule has 0 aliphatic heterocycles. The summed E-state index contributed by atoms with van der Waals surface area (Å²) in [4.78, 5) is 0.0465. The summed E-state index contributed by atoms with van der Waals surface area (Å²) < 4.78 is 26.9. The minimum absolute atomic E-state index is 0.0465. The zero-order valence-corrected chi connectivity index (χ0v) is 11.1. The molecular formula is C13H15BrF2. The maximum absolute atomic E-state index is 13.7. The quantitative estimate of drug-likeness (QED) is 0.477. The van der Waals surface area contributed by atoms with Crippen LogP contribution in [0, 0.1) is 17.0 Å². The highest BCUT2D eigenvalue weighted by Gasteiger charge is 2.29. The van der Waals surface area contributed by atoms with Gasteiger partial charge in [0.2, 0.25) is 0 Å². The Bertz CT molecular complexity index is 413. The average Bonchev–Trinajstić information content (AvgIpc) is 2.23. The molecule has 1 unspecified atom stereocenters. The molecule has 1 atom stereocenters. The van der Waals surface area contributed by atoms with Crippen molar-refractivity contribution in [2.45, 2.75) is 37.9 Å². The van der Waals surface area contributed by atoms with Crippen LogP contribution in [-0.2, 0) is 6.42 Å². The number of hydrogen-bond donors (Lipinski definition) is 0. The topological polar surface area (TPSA) is 0 Å². The summed E-state index contributed by atoms with van der Waals surface area (Å²) >= 11 is 3.55.